The molecule has 1 aromatic heterocycles. The first kappa shape index (κ1) is 24.0. The fourth-order valence-corrected chi connectivity index (χ4v) is 3.82. The number of hydrogen-bond donors (Lipinski definition) is 3. The molecule has 0 radical (unpaired) electrons. The molecule has 2 heterocycles. The SMILES string of the molecule is CN=C(NCCc1nc2ccccc2[nH]1)NC1CCN(c2ccccc2OC(F)F)C1.I. The van der Waals surface area contributed by atoms with Crippen molar-refractivity contribution in [2.24, 2.45) is 4.99 Å². The van der Waals surface area contributed by atoms with Crippen LogP contribution in [0.15, 0.2) is 53.5 Å². The number of hydrogen-bond acceptors (Lipinski definition) is 4. The number of aromatic nitrogens is 2. The number of rotatable bonds is 7. The molecule has 1 unspecified atom stereocenters. The fourth-order valence-electron chi connectivity index (χ4n) is 3.82. The molecule has 2 aromatic carbocycles. The summed E-state index contributed by atoms with van der Waals surface area (Å²) in [5.74, 6) is 1.83. The highest BCUT2D eigenvalue weighted by Gasteiger charge is 2.26. The molecule has 0 aliphatic carbocycles. The molecule has 0 amide bonds. The molecule has 3 aromatic rings. The third-order valence-electron chi connectivity index (χ3n) is 5.27. The van der Waals surface area contributed by atoms with Crippen molar-refractivity contribution in [2.75, 3.05) is 31.6 Å². The zero-order chi connectivity index (χ0) is 21.6. The molecular formula is C22H27F2IN6O. The maximum atomic E-state index is 12.7. The van der Waals surface area contributed by atoms with Gasteiger partial charge in [0, 0.05) is 39.1 Å². The number of aromatic amines is 1. The van der Waals surface area contributed by atoms with Crippen LogP contribution in [0.3, 0.4) is 0 Å². The van der Waals surface area contributed by atoms with E-state index in [-0.39, 0.29) is 35.8 Å². The highest BCUT2D eigenvalue weighted by molar-refractivity contribution is 14.0. The minimum atomic E-state index is -2.84. The Kier molecular flexibility index (Phi) is 8.48. The van der Waals surface area contributed by atoms with Crippen LogP contribution in [0.25, 0.3) is 11.0 Å². The zero-order valence-corrected chi connectivity index (χ0v) is 20.1. The van der Waals surface area contributed by atoms with Crippen molar-refractivity contribution >= 4 is 46.7 Å². The molecule has 0 bridgehead atoms. The lowest BCUT2D eigenvalue weighted by Gasteiger charge is -2.22. The lowest BCUT2D eigenvalue weighted by Crippen LogP contribution is -2.45. The van der Waals surface area contributed by atoms with Crippen LogP contribution >= 0.6 is 24.0 Å². The predicted octanol–water partition coefficient (Wildman–Crippen LogP) is 3.77. The van der Waals surface area contributed by atoms with Gasteiger partial charge in [-0.05, 0) is 30.7 Å². The first-order chi connectivity index (χ1) is 15.1. The van der Waals surface area contributed by atoms with Gasteiger partial charge in [-0.25, -0.2) is 4.98 Å². The van der Waals surface area contributed by atoms with Crippen LogP contribution in [0.2, 0.25) is 0 Å². The Balaban J connectivity index is 0.00000289. The van der Waals surface area contributed by atoms with E-state index in [1.54, 1.807) is 25.2 Å². The number of alkyl halides is 2. The maximum Gasteiger partial charge on any atom is 0.387 e. The van der Waals surface area contributed by atoms with Gasteiger partial charge >= 0.3 is 6.61 Å². The quantitative estimate of drug-likeness (QED) is 0.235. The minimum absolute atomic E-state index is 0. The average Bonchev–Trinajstić information content (AvgIpc) is 3.39. The van der Waals surface area contributed by atoms with Gasteiger partial charge in [-0.3, -0.25) is 4.99 Å². The van der Waals surface area contributed by atoms with E-state index >= 15 is 0 Å². The van der Waals surface area contributed by atoms with E-state index in [0.29, 0.717) is 24.7 Å². The summed E-state index contributed by atoms with van der Waals surface area (Å²) in [5.41, 5.74) is 2.67. The number of guanidine groups is 1. The van der Waals surface area contributed by atoms with Crippen molar-refractivity contribution in [2.45, 2.75) is 25.5 Å². The Morgan fingerprint density at radius 2 is 2.03 bits per heavy atom. The Bertz CT molecular complexity index is 1010. The molecular weight excluding hydrogens is 529 g/mol. The average molecular weight is 556 g/mol. The zero-order valence-electron chi connectivity index (χ0n) is 17.7. The van der Waals surface area contributed by atoms with Gasteiger partial charge < -0.3 is 25.3 Å². The second-order valence-corrected chi connectivity index (χ2v) is 7.37. The number of nitrogens with one attached hydrogen (secondary N) is 3. The summed E-state index contributed by atoms with van der Waals surface area (Å²) in [6.45, 7) is -0.737. The molecule has 0 spiro atoms. The van der Waals surface area contributed by atoms with E-state index in [4.69, 9.17) is 0 Å². The minimum Gasteiger partial charge on any atom is -0.433 e. The van der Waals surface area contributed by atoms with Gasteiger partial charge in [0.1, 0.15) is 11.6 Å². The number of para-hydroxylation sites is 4. The molecule has 1 aliphatic rings. The van der Waals surface area contributed by atoms with Gasteiger partial charge in [-0.15, -0.1) is 24.0 Å². The van der Waals surface area contributed by atoms with Gasteiger partial charge in [-0.2, -0.15) is 8.78 Å². The smallest absolute Gasteiger partial charge is 0.387 e. The third kappa shape index (κ3) is 5.99. The van der Waals surface area contributed by atoms with Crippen LogP contribution in [-0.2, 0) is 6.42 Å². The van der Waals surface area contributed by atoms with Crippen LogP contribution in [0.4, 0.5) is 14.5 Å². The molecule has 1 fully saturated rings. The van der Waals surface area contributed by atoms with Crippen molar-refractivity contribution in [3.05, 3.63) is 54.4 Å². The Morgan fingerprint density at radius 3 is 2.81 bits per heavy atom. The normalized spacial score (nSPS) is 16.3. The van der Waals surface area contributed by atoms with E-state index in [2.05, 4.69) is 35.2 Å². The van der Waals surface area contributed by atoms with Crippen molar-refractivity contribution in [3.63, 3.8) is 0 Å². The van der Waals surface area contributed by atoms with E-state index < -0.39 is 6.61 Å². The first-order valence-corrected chi connectivity index (χ1v) is 10.3. The number of anilines is 1. The lowest BCUT2D eigenvalue weighted by molar-refractivity contribution is -0.0495. The largest absolute Gasteiger partial charge is 0.433 e. The Hall–Kier alpha value is -2.63. The first-order valence-electron chi connectivity index (χ1n) is 10.3. The Morgan fingerprint density at radius 1 is 1.25 bits per heavy atom. The monoisotopic (exact) mass is 556 g/mol. The number of halogens is 3. The molecule has 32 heavy (non-hydrogen) atoms. The van der Waals surface area contributed by atoms with Gasteiger partial charge in [-0.1, -0.05) is 24.3 Å². The summed E-state index contributed by atoms with van der Waals surface area (Å²) < 4.78 is 30.1. The van der Waals surface area contributed by atoms with E-state index in [1.807, 2.05) is 30.3 Å². The summed E-state index contributed by atoms with van der Waals surface area (Å²) in [4.78, 5) is 14.3. The topological polar surface area (TPSA) is 77.6 Å². The van der Waals surface area contributed by atoms with Crippen molar-refractivity contribution < 1.29 is 13.5 Å². The second kappa shape index (κ2) is 11.3. The highest BCUT2D eigenvalue weighted by atomic mass is 127. The molecule has 1 atom stereocenters. The predicted molar refractivity (Wildman–Crippen MR) is 133 cm³/mol. The van der Waals surface area contributed by atoms with Crippen LogP contribution in [-0.4, -0.2) is 55.3 Å². The molecule has 4 rings (SSSR count). The molecule has 7 nitrogen and oxygen atoms in total. The second-order valence-electron chi connectivity index (χ2n) is 7.37. The van der Waals surface area contributed by atoms with E-state index in [0.717, 1.165) is 36.2 Å². The van der Waals surface area contributed by atoms with E-state index in [1.165, 1.54) is 0 Å². The third-order valence-corrected chi connectivity index (χ3v) is 5.27. The number of benzene rings is 2. The van der Waals surface area contributed by atoms with Crippen molar-refractivity contribution in [1.82, 2.24) is 20.6 Å². The molecule has 1 aliphatic heterocycles. The fraction of sp³-hybridized carbons (Fsp3) is 0.364. The van der Waals surface area contributed by atoms with Crippen LogP contribution in [0, 0.1) is 0 Å². The summed E-state index contributed by atoms with van der Waals surface area (Å²) in [5, 5.41) is 6.73. The van der Waals surface area contributed by atoms with Gasteiger partial charge in [0.05, 0.1) is 16.7 Å². The lowest BCUT2D eigenvalue weighted by atomic mass is 10.2. The van der Waals surface area contributed by atoms with Gasteiger partial charge in [0.25, 0.3) is 0 Å². The molecule has 172 valence electrons. The number of aliphatic imine (C=N–C) groups is 1. The Labute approximate surface area is 202 Å². The van der Waals surface area contributed by atoms with Gasteiger partial charge in [0.15, 0.2) is 5.96 Å². The van der Waals surface area contributed by atoms with Crippen molar-refractivity contribution in [3.8, 4) is 5.75 Å². The number of imidazole rings is 1. The van der Waals surface area contributed by atoms with Crippen molar-refractivity contribution in [1.29, 1.82) is 0 Å². The highest BCUT2D eigenvalue weighted by Crippen LogP contribution is 2.31. The molecule has 10 heteroatoms. The number of nitrogens with zero attached hydrogens (tertiary/aromatic N) is 3. The van der Waals surface area contributed by atoms with E-state index in [9.17, 15) is 8.78 Å². The summed E-state index contributed by atoms with van der Waals surface area (Å²) in [6, 6.07) is 15.0. The molecule has 3 N–H and O–H groups in total. The number of H-pyrrole nitrogens is 1. The van der Waals surface area contributed by atoms with Crippen LogP contribution in [0.1, 0.15) is 12.2 Å². The van der Waals surface area contributed by atoms with Crippen LogP contribution < -0.4 is 20.3 Å². The summed E-state index contributed by atoms with van der Waals surface area (Å²) in [6.07, 6.45) is 1.61. The standard InChI is InChI=1S/C22H26F2N6O.HI/c1-25-22(26-12-10-20-28-16-6-2-3-7-17(16)29-20)27-15-11-13-30(14-15)18-8-4-5-9-19(18)31-21(23)24;/h2-9,15,21H,10-14H2,1H3,(H,28,29)(H2,25,26,27);1H. The van der Waals surface area contributed by atoms with Gasteiger partial charge in [0.2, 0.25) is 0 Å². The number of ether oxygens (including phenoxy) is 1. The molecule has 0 saturated carbocycles. The summed E-state index contributed by atoms with van der Waals surface area (Å²) in [7, 11) is 1.73. The molecule has 1 saturated heterocycles. The maximum absolute atomic E-state index is 12.7. The van der Waals surface area contributed by atoms with Crippen LogP contribution in [0.5, 0.6) is 5.75 Å². The summed E-state index contributed by atoms with van der Waals surface area (Å²) >= 11 is 0. The number of fused-ring (bicyclic) bond motifs is 1.